The van der Waals surface area contributed by atoms with Crippen molar-refractivity contribution in [3.05, 3.63) is 30.6 Å². The summed E-state index contributed by atoms with van der Waals surface area (Å²) >= 11 is 0. The summed E-state index contributed by atoms with van der Waals surface area (Å²) in [6.45, 7) is 5.51. The molecule has 1 amide bonds. The Bertz CT molecular complexity index is 889. The van der Waals surface area contributed by atoms with Gasteiger partial charge in [0.05, 0.1) is 22.5 Å². The predicted molar refractivity (Wildman–Crippen MR) is 88.6 cm³/mol. The minimum atomic E-state index is -3.80. The summed E-state index contributed by atoms with van der Waals surface area (Å²) in [5.41, 5.74) is 0.703. The Balaban J connectivity index is 1.87. The highest BCUT2D eigenvalue weighted by atomic mass is 32.2. The van der Waals surface area contributed by atoms with Crippen molar-refractivity contribution in [1.29, 1.82) is 0 Å². The summed E-state index contributed by atoms with van der Waals surface area (Å²) < 4.78 is 34.6. The van der Waals surface area contributed by atoms with E-state index in [0.29, 0.717) is 17.1 Å². The Morgan fingerprint density at radius 1 is 1.38 bits per heavy atom. The molecule has 8 nitrogen and oxygen atoms in total. The van der Waals surface area contributed by atoms with Gasteiger partial charge in [-0.05, 0) is 39.0 Å². The van der Waals surface area contributed by atoms with Crippen molar-refractivity contribution < 1.29 is 17.9 Å². The first-order chi connectivity index (χ1) is 11.3. The number of nitrogens with zero attached hydrogens (tertiary/aromatic N) is 2. The molecule has 1 atom stereocenters. The fourth-order valence-corrected chi connectivity index (χ4v) is 3.30. The zero-order valence-electron chi connectivity index (χ0n) is 13.5. The van der Waals surface area contributed by atoms with Crippen LogP contribution in [-0.2, 0) is 14.8 Å². The van der Waals surface area contributed by atoms with Crippen LogP contribution in [0.4, 0.5) is 11.4 Å². The van der Waals surface area contributed by atoms with Gasteiger partial charge in [-0.25, -0.2) is 8.42 Å². The number of anilines is 2. The van der Waals surface area contributed by atoms with Crippen molar-refractivity contribution in [3.8, 4) is 5.75 Å². The van der Waals surface area contributed by atoms with Gasteiger partial charge in [-0.3, -0.25) is 14.2 Å². The maximum atomic E-state index is 12.5. The molecule has 2 heterocycles. The topological polar surface area (TPSA) is 102 Å². The molecule has 0 fully saturated rings. The van der Waals surface area contributed by atoms with E-state index in [9.17, 15) is 13.2 Å². The monoisotopic (exact) mass is 350 g/mol. The fraction of sp³-hybridized carbons (Fsp3) is 0.333. The zero-order valence-corrected chi connectivity index (χ0v) is 14.3. The molecule has 0 spiro atoms. The summed E-state index contributed by atoms with van der Waals surface area (Å²) in [5, 5.41) is 6.73. The third kappa shape index (κ3) is 3.07. The first kappa shape index (κ1) is 16.3. The molecule has 0 bridgehead atoms. The van der Waals surface area contributed by atoms with E-state index in [1.807, 2.05) is 13.8 Å². The van der Waals surface area contributed by atoms with Gasteiger partial charge in [-0.15, -0.1) is 0 Å². The quantitative estimate of drug-likeness (QED) is 0.878. The number of aromatic nitrogens is 2. The van der Waals surface area contributed by atoms with E-state index in [0.717, 1.165) is 0 Å². The number of amides is 1. The van der Waals surface area contributed by atoms with Crippen molar-refractivity contribution in [3.63, 3.8) is 0 Å². The van der Waals surface area contributed by atoms with E-state index < -0.39 is 16.1 Å². The fourth-order valence-electron chi connectivity index (χ4n) is 2.24. The summed E-state index contributed by atoms with van der Waals surface area (Å²) in [4.78, 5) is 11.7. The Labute approximate surface area is 139 Å². The molecule has 1 aromatic heterocycles. The van der Waals surface area contributed by atoms with Gasteiger partial charge in [0.1, 0.15) is 5.75 Å². The van der Waals surface area contributed by atoms with Gasteiger partial charge in [0.15, 0.2) is 6.10 Å². The van der Waals surface area contributed by atoms with Crippen molar-refractivity contribution >= 4 is 27.3 Å². The van der Waals surface area contributed by atoms with Crippen molar-refractivity contribution in [2.45, 2.75) is 37.8 Å². The Morgan fingerprint density at radius 2 is 2.12 bits per heavy atom. The molecule has 24 heavy (non-hydrogen) atoms. The third-order valence-corrected chi connectivity index (χ3v) is 4.95. The second kappa shape index (κ2) is 5.82. The molecule has 9 heteroatoms. The second-order valence-corrected chi connectivity index (χ2v) is 7.50. The van der Waals surface area contributed by atoms with Crippen LogP contribution in [0.1, 0.15) is 26.8 Å². The summed E-state index contributed by atoms with van der Waals surface area (Å²) in [6, 6.07) is 4.45. The van der Waals surface area contributed by atoms with E-state index in [1.165, 1.54) is 24.4 Å². The van der Waals surface area contributed by atoms with Crippen LogP contribution < -0.4 is 14.8 Å². The van der Waals surface area contributed by atoms with E-state index in [4.69, 9.17) is 4.74 Å². The molecule has 128 valence electrons. The van der Waals surface area contributed by atoms with Crippen LogP contribution in [0.2, 0.25) is 0 Å². The molecule has 2 N–H and O–H groups in total. The van der Waals surface area contributed by atoms with Gasteiger partial charge in [0.25, 0.3) is 15.9 Å². The maximum absolute atomic E-state index is 12.5. The highest BCUT2D eigenvalue weighted by molar-refractivity contribution is 7.92. The van der Waals surface area contributed by atoms with Crippen molar-refractivity contribution in [1.82, 2.24) is 9.78 Å². The number of sulfonamides is 1. The van der Waals surface area contributed by atoms with Crippen LogP contribution in [-0.4, -0.2) is 30.2 Å². The number of hydrogen-bond acceptors (Lipinski definition) is 5. The number of ether oxygens (including phenoxy) is 1. The molecule has 0 saturated carbocycles. The van der Waals surface area contributed by atoms with Crippen LogP contribution in [0.5, 0.6) is 5.75 Å². The lowest BCUT2D eigenvalue weighted by Gasteiger charge is -2.23. The summed E-state index contributed by atoms with van der Waals surface area (Å²) in [7, 11) is -3.80. The van der Waals surface area contributed by atoms with Crippen LogP contribution in [0.3, 0.4) is 0 Å². The SMILES string of the molecule is CC1Oc2ccc(S(=O)(=O)Nc3cnn(C(C)C)c3)cc2NC1=O. The zero-order chi connectivity index (χ0) is 17.5. The van der Waals surface area contributed by atoms with Gasteiger partial charge in [-0.1, -0.05) is 0 Å². The highest BCUT2D eigenvalue weighted by Crippen LogP contribution is 2.32. The molecule has 0 radical (unpaired) electrons. The molecule has 1 unspecified atom stereocenters. The number of fused-ring (bicyclic) bond motifs is 1. The third-order valence-electron chi connectivity index (χ3n) is 3.57. The number of nitrogens with one attached hydrogen (secondary N) is 2. The van der Waals surface area contributed by atoms with Crippen molar-refractivity contribution in [2.75, 3.05) is 10.0 Å². The number of benzene rings is 1. The van der Waals surface area contributed by atoms with Gasteiger partial charge in [0, 0.05) is 12.2 Å². The first-order valence-electron chi connectivity index (χ1n) is 7.45. The average Bonchev–Trinajstić information content (AvgIpc) is 2.96. The Kier molecular flexibility index (Phi) is 3.96. The van der Waals surface area contributed by atoms with Gasteiger partial charge in [-0.2, -0.15) is 5.10 Å². The van der Waals surface area contributed by atoms with E-state index in [1.54, 1.807) is 17.8 Å². The molecule has 0 saturated heterocycles. The second-order valence-electron chi connectivity index (χ2n) is 5.82. The lowest BCUT2D eigenvalue weighted by Crippen LogP contribution is -2.34. The van der Waals surface area contributed by atoms with Crippen LogP contribution in [0, 0.1) is 0 Å². The smallest absolute Gasteiger partial charge is 0.265 e. The summed E-state index contributed by atoms with van der Waals surface area (Å²) in [5.74, 6) is 0.122. The first-order valence-corrected chi connectivity index (χ1v) is 8.93. The largest absolute Gasteiger partial charge is 0.479 e. The van der Waals surface area contributed by atoms with E-state index in [-0.39, 0.29) is 16.8 Å². The Hall–Kier alpha value is -2.55. The lowest BCUT2D eigenvalue weighted by atomic mass is 10.2. The molecular weight excluding hydrogens is 332 g/mol. The maximum Gasteiger partial charge on any atom is 0.265 e. The average molecular weight is 350 g/mol. The normalized spacial score (nSPS) is 17.2. The molecule has 1 aliphatic rings. The number of rotatable bonds is 4. The molecule has 0 aliphatic carbocycles. The molecule has 1 aliphatic heterocycles. The number of carbonyl (C=O) groups excluding carboxylic acids is 1. The lowest BCUT2D eigenvalue weighted by molar-refractivity contribution is -0.122. The predicted octanol–water partition coefficient (Wildman–Crippen LogP) is 1.98. The highest BCUT2D eigenvalue weighted by Gasteiger charge is 2.25. The minimum Gasteiger partial charge on any atom is -0.479 e. The van der Waals surface area contributed by atoms with Gasteiger partial charge >= 0.3 is 0 Å². The molecular formula is C15H18N4O4S. The van der Waals surface area contributed by atoms with E-state index in [2.05, 4.69) is 15.1 Å². The van der Waals surface area contributed by atoms with Crippen molar-refractivity contribution in [2.24, 2.45) is 0 Å². The molecule has 3 rings (SSSR count). The standard InChI is InChI=1S/C15H18N4O4S/c1-9(2)19-8-11(7-16-19)18-24(21,22)12-4-5-14-13(6-12)17-15(20)10(3)23-14/h4-10,18H,1-3H3,(H,17,20). The number of hydrogen-bond donors (Lipinski definition) is 2. The van der Waals surface area contributed by atoms with Gasteiger partial charge < -0.3 is 10.1 Å². The van der Waals surface area contributed by atoms with Gasteiger partial charge in [0.2, 0.25) is 0 Å². The van der Waals surface area contributed by atoms with Crippen LogP contribution >= 0.6 is 0 Å². The molecule has 2 aromatic rings. The van der Waals surface area contributed by atoms with E-state index >= 15 is 0 Å². The molecule has 1 aromatic carbocycles. The minimum absolute atomic E-state index is 0.0250. The number of carbonyl (C=O) groups is 1. The Morgan fingerprint density at radius 3 is 2.79 bits per heavy atom. The summed E-state index contributed by atoms with van der Waals surface area (Å²) in [6.07, 6.45) is 2.45. The van der Waals surface area contributed by atoms with Crippen LogP contribution in [0.25, 0.3) is 0 Å². The van der Waals surface area contributed by atoms with Crippen LogP contribution in [0.15, 0.2) is 35.5 Å².